The highest BCUT2D eigenvalue weighted by molar-refractivity contribution is 6.01. The Kier molecular flexibility index (Phi) is 5.85. The summed E-state index contributed by atoms with van der Waals surface area (Å²) in [5, 5.41) is 0. The van der Waals surface area contributed by atoms with Crippen molar-refractivity contribution in [3.63, 3.8) is 0 Å². The Hall–Kier alpha value is -1.92. The van der Waals surface area contributed by atoms with E-state index in [0.717, 1.165) is 33.4 Å². The Bertz CT molecular complexity index is 633. The lowest BCUT2D eigenvalue weighted by Gasteiger charge is -2.22. The number of hydrogen-bond donors (Lipinski definition) is 0. The van der Waals surface area contributed by atoms with Crippen molar-refractivity contribution in [3.05, 3.63) is 33.4 Å². The third kappa shape index (κ3) is 3.04. The van der Waals surface area contributed by atoms with Gasteiger partial charge in [0.1, 0.15) is 0 Å². The van der Waals surface area contributed by atoms with Crippen molar-refractivity contribution in [2.75, 3.05) is 28.4 Å². The second-order valence-electron chi connectivity index (χ2n) is 6.45. The number of ether oxygens (including phenoxy) is 4. The van der Waals surface area contributed by atoms with Gasteiger partial charge in [-0.1, -0.05) is 0 Å². The number of methoxy groups -OCH3 is 4. The zero-order valence-electron chi connectivity index (χ0n) is 15.8. The molecule has 1 aliphatic rings. The van der Waals surface area contributed by atoms with Crippen LogP contribution in [0, 0.1) is 19.3 Å². The van der Waals surface area contributed by atoms with E-state index in [1.807, 2.05) is 13.8 Å². The molecule has 0 aliphatic heterocycles. The first-order chi connectivity index (χ1) is 11.9. The molecule has 25 heavy (non-hydrogen) atoms. The first kappa shape index (κ1) is 19.4. The second-order valence-corrected chi connectivity index (χ2v) is 6.45. The number of carbonyl (C=O) groups excluding carboxylic acids is 2. The topological polar surface area (TPSA) is 71.1 Å². The molecule has 1 aromatic rings. The SMILES string of the molecule is COCc1c(C)c2c(c(C)c1COC)CC(C(=O)OC)(C(=O)OC)C2. The van der Waals surface area contributed by atoms with Gasteiger partial charge in [0.15, 0.2) is 5.41 Å². The molecule has 0 saturated carbocycles. The van der Waals surface area contributed by atoms with E-state index in [0.29, 0.717) is 13.2 Å². The number of benzene rings is 1. The fraction of sp³-hybridized carbons (Fsp3) is 0.579. The minimum Gasteiger partial charge on any atom is -0.468 e. The summed E-state index contributed by atoms with van der Waals surface area (Å²) in [6.07, 6.45) is 0.552. The molecule has 0 radical (unpaired) electrons. The van der Waals surface area contributed by atoms with Crippen molar-refractivity contribution < 1.29 is 28.5 Å². The fourth-order valence-corrected chi connectivity index (χ4v) is 3.86. The van der Waals surface area contributed by atoms with Crippen LogP contribution in [0.1, 0.15) is 33.4 Å². The molecule has 1 aliphatic carbocycles. The molecule has 0 amide bonds. The predicted molar refractivity (Wildman–Crippen MR) is 91.2 cm³/mol. The molecule has 0 fully saturated rings. The molecule has 0 bridgehead atoms. The maximum Gasteiger partial charge on any atom is 0.323 e. The van der Waals surface area contributed by atoms with Gasteiger partial charge in [-0.25, -0.2) is 0 Å². The van der Waals surface area contributed by atoms with Crippen LogP contribution >= 0.6 is 0 Å². The van der Waals surface area contributed by atoms with Crippen molar-refractivity contribution >= 4 is 11.9 Å². The van der Waals surface area contributed by atoms with Crippen molar-refractivity contribution in [1.82, 2.24) is 0 Å². The van der Waals surface area contributed by atoms with Crippen LogP contribution < -0.4 is 0 Å². The lowest BCUT2D eigenvalue weighted by molar-refractivity contribution is -0.168. The van der Waals surface area contributed by atoms with Gasteiger partial charge in [-0.2, -0.15) is 0 Å². The molecular weight excluding hydrogens is 324 g/mol. The Balaban J connectivity index is 2.66. The minimum absolute atomic E-state index is 0.276. The first-order valence-corrected chi connectivity index (χ1v) is 8.15. The highest BCUT2D eigenvalue weighted by Gasteiger charge is 2.53. The van der Waals surface area contributed by atoms with Crippen molar-refractivity contribution in [1.29, 1.82) is 0 Å². The molecule has 0 aromatic heterocycles. The number of hydrogen-bond acceptors (Lipinski definition) is 6. The Labute approximate surface area is 148 Å². The van der Waals surface area contributed by atoms with Crippen LogP contribution in [0.2, 0.25) is 0 Å². The highest BCUT2D eigenvalue weighted by Crippen LogP contribution is 2.44. The van der Waals surface area contributed by atoms with E-state index in [1.165, 1.54) is 14.2 Å². The highest BCUT2D eigenvalue weighted by atomic mass is 16.5. The predicted octanol–water partition coefficient (Wildman–Crippen LogP) is 2.03. The van der Waals surface area contributed by atoms with Crippen LogP contribution in [0.4, 0.5) is 0 Å². The van der Waals surface area contributed by atoms with Gasteiger partial charge in [0, 0.05) is 27.1 Å². The second kappa shape index (κ2) is 7.54. The summed E-state index contributed by atoms with van der Waals surface area (Å²) in [5.41, 5.74) is 4.84. The Morgan fingerprint density at radius 3 is 1.44 bits per heavy atom. The molecule has 6 nitrogen and oxygen atoms in total. The van der Waals surface area contributed by atoms with E-state index in [-0.39, 0.29) is 12.8 Å². The maximum atomic E-state index is 12.5. The van der Waals surface area contributed by atoms with Gasteiger partial charge in [-0.3, -0.25) is 9.59 Å². The molecule has 0 atom stereocenters. The van der Waals surface area contributed by atoms with E-state index >= 15 is 0 Å². The minimum atomic E-state index is -1.32. The normalized spacial score (nSPS) is 15.0. The van der Waals surface area contributed by atoms with Crippen LogP contribution in [0.5, 0.6) is 0 Å². The molecule has 2 rings (SSSR count). The Morgan fingerprint density at radius 2 is 1.16 bits per heavy atom. The maximum absolute atomic E-state index is 12.5. The third-order valence-corrected chi connectivity index (χ3v) is 5.23. The average molecular weight is 350 g/mol. The van der Waals surface area contributed by atoms with Crippen molar-refractivity contribution in [2.24, 2.45) is 5.41 Å². The molecule has 0 spiro atoms. The first-order valence-electron chi connectivity index (χ1n) is 8.15. The summed E-state index contributed by atoms with van der Waals surface area (Å²) in [6, 6.07) is 0. The lowest BCUT2D eigenvalue weighted by atomic mass is 9.84. The molecule has 0 saturated heterocycles. The monoisotopic (exact) mass is 350 g/mol. The van der Waals surface area contributed by atoms with Crippen molar-refractivity contribution in [3.8, 4) is 0 Å². The van der Waals surface area contributed by atoms with Gasteiger partial charge in [0.25, 0.3) is 0 Å². The molecule has 1 aromatic carbocycles. The molecule has 0 unspecified atom stereocenters. The van der Waals surface area contributed by atoms with Gasteiger partial charge < -0.3 is 18.9 Å². The zero-order valence-corrected chi connectivity index (χ0v) is 15.8. The Morgan fingerprint density at radius 1 is 0.800 bits per heavy atom. The van der Waals surface area contributed by atoms with Crippen LogP contribution in [0.25, 0.3) is 0 Å². The summed E-state index contributed by atoms with van der Waals surface area (Å²) in [5.74, 6) is -1.12. The third-order valence-electron chi connectivity index (χ3n) is 5.23. The largest absolute Gasteiger partial charge is 0.468 e. The number of esters is 2. The van der Waals surface area contributed by atoms with E-state index in [4.69, 9.17) is 18.9 Å². The van der Waals surface area contributed by atoms with Crippen LogP contribution in [-0.4, -0.2) is 40.4 Å². The van der Waals surface area contributed by atoms with Gasteiger partial charge in [0.2, 0.25) is 0 Å². The van der Waals surface area contributed by atoms with Crippen LogP contribution in [0.15, 0.2) is 0 Å². The standard InChI is InChI=1S/C19H26O6/c1-11-13-7-19(17(20)24-5,18(21)25-6)8-14(13)12(2)16(10-23-4)15(11)9-22-3/h7-10H2,1-6H3. The summed E-state index contributed by atoms with van der Waals surface area (Å²) < 4.78 is 20.6. The van der Waals surface area contributed by atoms with E-state index in [9.17, 15) is 9.59 Å². The van der Waals surface area contributed by atoms with Crippen LogP contribution in [-0.2, 0) is 54.6 Å². The summed E-state index contributed by atoms with van der Waals surface area (Å²) in [7, 11) is 5.88. The molecule has 6 heteroatoms. The van der Waals surface area contributed by atoms with Gasteiger partial charge in [0.05, 0.1) is 27.4 Å². The van der Waals surface area contributed by atoms with Crippen molar-refractivity contribution in [2.45, 2.75) is 39.9 Å². The van der Waals surface area contributed by atoms with Gasteiger partial charge in [-0.15, -0.1) is 0 Å². The molecule has 138 valence electrons. The number of rotatable bonds is 6. The lowest BCUT2D eigenvalue weighted by Crippen LogP contribution is -2.42. The van der Waals surface area contributed by atoms with Crippen LogP contribution in [0.3, 0.4) is 0 Å². The van der Waals surface area contributed by atoms with E-state index in [2.05, 4.69) is 0 Å². The zero-order chi connectivity index (χ0) is 18.8. The summed E-state index contributed by atoms with van der Waals surface area (Å²) in [6.45, 7) is 4.89. The van der Waals surface area contributed by atoms with E-state index < -0.39 is 17.4 Å². The average Bonchev–Trinajstić information content (AvgIpc) is 3.03. The molecular formula is C19H26O6. The van der Waals surface area contributed by atoms with E-state index in [1.54, 1.807) is 14.2 Å². The van der Waals surface area contributed by atoms with Gasteiger partial charge in [-0.05, 0) is 47.2 Å². The molecule has 0 N–H and O–H groups in total. The van der Waals surface area contributed by atoms with Gasteiger partial charge >= 0.3 is 11.9 Å². The smallest absolute Gasteiger partial charge is 0.323 e. The quantitative estimate of drug-likeness (QED) is 0.577. The number of fused-ring (bicyclic) bond motifs is 1. The fourth-order valence-electron chi connectivity index (χ4n) is 3.86. The number of carbonyl (C=O) groups is 2. The summed E-state index contributed by atoms with van der Waals surface area (Å²) in [4.78, 5) is 25.0. The summed E-state index contributed by atoms with van der Waals surface area (Å²) >= 11 is 0. The molecule has 0 heterocycles.